The molecule has 0 spiro atoms. The number of hydrogen-bond acceptors (Lipinski definition) is 3. The van der Waals surface area contributed by atoms with Crippen molar-refractivity contribution >= 4 is 41.3 Å². The van der Waals surface area contributed by atoms with Crippen LogP contribution in [0, 0.1) is 6.92 Å². The zero-order valence-corrected chi connectivity index (χ0v) is 19.6. The van der Waals surface area contributed by atoms with E-state index in [2.05, 4.69) is 41.3 Å². The number of halogens is 1. The van der Waals surface area contributed by atoms with E-state index in [4.69, 9.17) is 4.99 Å². The molecular formula is C20H31IN4OS. The molecular weight excluding hydrogens is 471 g/mol. The van der Waals surface area contributed by atoms with Gasteiger partial charge in [0.15, 0.2) is 5.96 Å². The van der Waals surface area contributed by atoms with Crippen LogP contribution in [0.1, 0.15) is 43.9 Å². The summed E-state index contributed by atoms with van der Waals surface area (Å²) >= 11 is 1.73. The maximum absolute atomic E-state index is 11.9. The van der Waals surface area contributed by atoms with E-state index in [0.717, 1.165) is 50.7 Å². The zero-order valence-electron chi connectivity index (χ0n) is 16.4. The van der Waals surface area contributed by atoms with Gasteiger partial charge in [0.25, 0.3) is 5.56 Å². The van der Waals surface area contributed by atoms with Gasteiger partial charge < -0.3 is 15.2 Å². The Bertz CT molecular complexity index is 743. The van der Waals surface area contributed by atoms with Gasteiger partial charge in [-0.3, -0.25) is 9.79 Å². The molecule has 0 aliphatic rings. The number of hydrogen-bond donors (Lipinski definition) is 2. The number of guanidine groups is 1. The van der Waals surface area contributed by atoms with Gasteiger partial charge in [0.2, 0.25) is 0 Å². The topological polar surface area (TPSA) is 58.4 Å². The molecule has 0 saturated carbocycles. The van der Waals surface area contributed by atoms with E-state index in [1.54, 1.807) is 17.4 Å². The van der Waals surface area contributed by atoms with Gasteiger partial charge in [-0.05, 0) is 55.1 Å². The number of pyridine rings is 1. The fourth-order valence-electron chi connectivity index (χ4n) is 2.74. The predicted octanol–water partition coefficient (Wildman–Crippen LogP) is 3.98. The second kappa shape index (κ2) is 12.9. The standard InChI is InChI=1S/C20H30N4OS.HI/c1-4-21-20(23-14-16(2)18-10-13-26-15-18)22-11-5-6-12-24-17(3)8-7-9-19(24)25;/h7-10,13,15-16H,4-6,11-12,14H2,1-3H3,(H2,21,22,23);1H. The van der Waals surface area contributed by atoms with Crippen LogP contribution in [0.5, 0.6) is 0 Å². The smallest absolute Gasteiger partial charge is 0.250 e. The molecule has 2 aromatic rings. The Morgan fingerprint density at radius 3 is 2.74 bits per heavy atom. The second-order valence-electron chi connectivity index (χ2n) is 6.47. The highest BCUT2D eigenvalue weighted by molar-refractivity contribution is 14.0. The van der Waals surface area contributed by atoms with Gasteiger partial charge in [-0.15, -0.1) is 24.0 Å². The first-order chi connectivity index (χ1) is 12.6. The molecule has 2 N–H and O–H groups in total. The first-order valence-electron chi connectivity index (χ1n) is 9.32. The van der Waals surface area contributed by atoms with Crippen LogP contribution in [0.3, 0.4) is 0 Å². The van der Waals surface area contributed by atoms with Crippen molar-refractivity contribution in [2.45, 2.75) is 46.1 Å². The molecule has 0 bridgehead atoms. The summed E-state index contributed by atoms with van der Waals surface area (Å²) in [6, 6.07) is 7.57. The number of thiophene rings is 1. The lowest BCUT2D eigenvalue weighted by molar-refractivity contribution is 0.574. The summed E-state index contributed by atoms with van der Waals surface area (Å²) in [5, 5.41) is 11.0. The van der Waals surface area contributed by atoms with Crippen LogP contribution in [-0.2, 0) is 6.54 Å². The number of nitrogens with one attached hydrogen (secondary N) is 2. The normalized spacial score (nSPS) is 12.3. The van der Waals surface area contributed by atoms with Crippen molar-refractivity contribution in [2.75, 3.05) is 19.6 Å². The van der Waals surface area contributed by atoms with Crippen molar-refractivity contribution in [1.29, 1.82) is 0 Å². The molecule has 150 valence electrons. The molecule has 1 unspecified atom stereocenters. The highest BCUT2D eigenvalue weighted by Gasteiger charge is 2.06. The van der Waals surface area contributed by atoms with E-state index in [1.807, 2.05) is 23.6 Å². The Morgan fingerprint density at radius 1 is 1.26 bits per heavy atom. The van der Waals surface area contributed by atoms with Gasteiger partial charge in [-0.25, -0.2) is 0 Å². The minimum absolute atomic E-state index is 0. The third-order valence-corrected chi connectivity index (χ3v) is 5.05. The lowest BCUT2D eigenvalue weighted by Crippen LogP contribution is -2.38. The summed E-state index contributed by atoms with van der Waals surface area (Å²) in [4.78, 5) is 16.6. The molecule has 5 nitrogen and oxygen atoms in total. The van der Waals surface area contributed by atoms with E-state index in [1.165, 1.54) is 5.56 Å². The molecule has 7 heteroatoms. The second-order valence-corrected chi connectivity index (χ2v) is 7.25. The van der Waals surface area contributed by atoms with Crippen molar-refractivity contribution in [3.63, 3.8) is 0 Å². The Morgan fingerprint density at radius 2 is 2.07 bits per heavy atom. The van der Waals surface area contributed by atoms with Crippen LogP contribution in [-0.4, -0.2) is 30.2 Å². The first-order valence-corrected chi connectivity index (χ1v) is 10.3. The van der Waals surface area contributed by atoms with Gasteiger partial charge >= 0.3 is 0 Å². The average molecular weight is 502 g/mol. The third-order valence-electron chi connectivity index (χ3n) is 4.35. The van der Waals surface area contributed by atoms with Crippen LogP contribution < -0.4 is 16.2 Å². The van der Waals surface area contributed by atoms with E-state index >= 15 is 0 Å². The monoisotopic (exact) mass is 502 g/mol. The van der Waals surface area contributed by atoms with E-state index < -0.39 is 0 Å². The van der Waals surface area contributed by atoms with E-state index in [0.29, 0.717) is 5.92 Å². The number of aryl methyl sites for hydroxylation is 1. The molecule has 0 aromatic carbocycles. The van der Waals surface area contributed by atoms with Crippen molar-refractivity contribution in [3.05, 3.63) is 56.6 Å². The summed E-state index contributed by atoms with van der Waals surface area (Å²) in [6.45, 7) is 9.47. The number of aromatic nitrogens is 1. The van der Waals surface area contributed by atoms with Crippen LogP contribution in [0.4, 0.5) is 0 Å². The molecule has 2 heterocycles. The molecule has 0 radical (unpaired) electrons. The van der Waals surface area contributed by atoms with Crippen LogP contribution >= 0.6 is 35.3 Å². The number of unbranched alkanes of at least 4 members (excludes halogenated alkanes) is 1. The first kappa shape index (κ1) is 23.7. The lowest BCUT2D eigenvalue weighted by atomic mass is 10.1. The minimum Gasteiger partial charge on any atom is -0.357 e. The lowest BCUT2D eigenvalue weighted by Gasteiger charge is -2.13. The van der Waals surface area contributed by atoms with Crippen molar-refractivity contribution < 1.29 is 0 Å². The molecule has 0 aliphatic carbocycles. The summed E-state index contributed by atoms with van der Waals surface area (Å²) in [5.74, 6) is 1.28. The quantitative estimate of drug-likeness (QED) is 0.236. The Hall–Kier alpha value is -1.35. The van der Waals surface area contributed by atoms with Gasteiger partial charge in [-0.2, -0.15) is 11.3 Å². The Balaban J connectivity index is 0.00000364. The highest BCUT2D eigenvalue weighted by atomic mass is 127. The van der Waals surface area contributed by atoms with Gasteiger partial charge in [0, 0.05) is 43.9 Å². The third kappa shape index (κ3) is 8.04. The van der Waals surface area contributed by atoms with Gasteiger partial charge in [-0.1, -0.05) is 13.0 Å². The van der Waals surface area contributed by atoms with Crippen molar-refractivity contribution in [3.8, 4) is 0 Å². The molecule has 2 aromatic heterocycles. The maximum atomic E-state index is 11.9. The molecule has 0 amide bonds. The number of nitrogens with zero attached hydrogens (tertiary/aromatic N) is 2. The van der Waals surface area contributed by atoms with Crippen molar-refractivity contribution in [1.82, 2.24) is 15.2 Å². The Kier molecular flexibility index (Phi) is 11.3. The maximum Gasteiger partial charge on any atom is 0.250 e. The van der Waals surface area contributed by atoms with Gasteiger partial charge in [0.1, 0.15) is 0 Å². The fraction of sp³-hybridized carbons (Fsp3) is 0.500. The summed E-state index contributed by atoms with van der Waals surface area (Å²) < 4.78 is 1.84. The average Bonchev–Trinajstić information content (AvgIpc) is 3.16. The minimum atomic E-state index is 0. The SMILES string of the molecule is CCNC(=NCC(C)c1ccsc1)NCCCCn1c(C)cccc1=O.I. The molecule has 0 saturated heterocycles. The highest BCUT2D eigenvalue weighted by Crippen LogP contribution is 2.18. The summed E-state index contributed by atoms with van der Waals surface area (Å²) in [6.07, 6.45) is 1.95. The molecule has 27 heavy (non-hydrogen) atoms. The van der Waals surface area contributed by atoms with E-state index in [9.17, 15) is 4.79 Å². The fourth-order valence-corrected chi connectivity index (χ4v) is 3.52. The molecule has 2 rings (SSSR count). The Labute approximate surface area is 183 Å². The summed E-state index contributed by atoms with van der Waals surface area (Å²) in [5.41, 5.74) is 2.44. The molecule has 0 fully saturated rings. The van der Waals surface area contributed by atoms with Crippen LogP contribution in [0.15, 0.2) is 44.8 Å². The largest absolute Gasteiger partial charge is 0.357 e. The van der Waals surface area contributed by atoms with Gasteiger partial charge in [0.05, 0.1) is 0 Å². The predicted molar refractivity (Wildman–Crippen MR) is 127 cm³/mol. The van der Waals surface area contributed by atoms with Crippen LogP contribution in [0.25, 0.3) is 0 Å². The van der Waals surface area contributed by atoms with E-state index in [-0.39, 0.29) is 29.5 Å². The van der Waals surface area contributed by atoms with Crippen LogP contribution in [0.2, 0.25) is 0 Å². The van der Waals surface area contributed by atoms with Crippen molar-refractivity contribution in [2.24, 2.45) is 4.99 Å². The molecule has 0 aliphatic heterocycles. The summed E-state index contributed by atoms with van der Waals surface area (Å²) in [7, 11) is 0. The molecule has 1 atom stereocenters. The zero-order chi connectivity index (χ0) is 18.8. The number of rotatable bonds is 9. The number of aliphatic imine (C=N–C) groups is 1.